The van der Waals surface area contributed by atoms with Gasteiger partial charge in [-0.25, -0.2) is 9.97 Å². The van der Waals surface area contributed by atoms with Crippen molar-refractivity contribution >= 4 is 17.9 Å². The van der Waals surface area contributed by atoms with Gasteiger partial charge in [-0.15, -0.1) is 0 Å². The minimum atomic E-state index is -0.357. The molecule has 176 valence electrons. The smallest absolute Gasteiger partial charge is 0.294 e. The van der Waals surface area contributed by atoms with E-state index in [0.717, 1.165) is 49.1 Å². The number of nitrogen functional groups attached to an aromatic ring is 1. The van der Waals surface area contributed by atoms with Gasteiger partial charge in [-0.2, -0.15) is 0 Å². The number of carbonyl (C=O) groups excluding carboxylic acids is 1. The highest BCUT2D eigenvalue weighted by molar-refractivity contribution is 5.58. The van der Waals surface area contributed by atoms with E-state index >= 15 is 0 Å². The maximum Gasteiger partial charge on any atom is 0.294 e. The summed E-state index contributed by atoms with van der Waals surface area (Å²) in [5, 5.41) is 6.17. The van der Waals surface area contributed by atoms with Crippen LogP contribution in [-0.4, -0.2) is 34.4 Å². The number of aldehydes is 1. The number of fused-ring (bicyclic) bond motifs is 1. The van der Waals surface area contributed by atoms with Gasteiger partial charge >= 0.3 is 0 Å². The highest BCUT2D eigenvalue weighted by Gasteiger charge is 2.31. The van der Waals surface area contributed by atoms with Crippen molar-refractivity contribution in [1.29, 1.82) is 0 Å². The lowest BCUT2D eigenvalue weighted by molar-refractivity contribution is -0.110. The third kappa shape index (κ3) is 5.96. The molecule has 2 atom stereocenters. The molecule has 4 rings (SSSR count). The Hall–Kier alpha value is -3.26. The average Bonchev–Trinajstić information content (AvgIpc) is 3.20. The molecule has 0 saturated carbocycles. The first-order valence-corrected chi connectivity index (χ1v) is 11.5. The van der Waals surface area contributed by atoms with E-state index < -0.39 is 0 Å². The predicted octanol–water partition coefficient (Wildman–Crippen LogP) is 3.26. The highest BCUT2D eigenvalue weighted by atomic mass is 16.1. The normalized spacial score (nSPS) is 18.7. The van der Waals surface area contributed by atoms with E-state index in [2.05, 4.69) is 45.8 Å². The van der Waals surface area contributed by atoms with Crippen molar-refractivity contribution in [1.82, 2.24) is 19.9 Å². The largest absolute Gasteiger partial charge is 0.384 e. The number of nitrogens with zero attached hydrogens (tertiary/aromatic N) is 3. The van der Waals surface area contributed by atoms with Gasteiger partial charge in [0.25, 0.3) is 5.56 Å². The van der Waals surface area contributed by atoms with Crippen LogP contribution in [0.1, 0.15) is 61.5 Å². The van der Waals surface area contributed by atoms with Crippen molar-refractivity contribution in [2.75, 3.05) is 24.6 Å². The fourth-order valence-electron chi connectivity index (χ4n) is 4.23. The zero-order valence-electron chi connectivity index (χ0n) is 19.7. The summed E-state index contributed by atoms with van der Waals surface area (Å²) in [4.78, 5) is 32.3. The quantitative estimate of drug-likeness (QED) is 0.555. The maximum atomic E-state index is 12.6. The Morgan fingerprint density at radius 1 is 1.27 bits per heavy atom. The molecular formula is C25H34N6O2. The summed E-state index contributed by atoms with van der Waals surface area (Å²) >= 11 is 0. The number of carbonyl (C=O) groups is 1. The van der Waals surface area contributed by atoms with Gasteiger partial charge in [-0.3, -0.25) is 9.36 Å². The molecule has 8 nitrogen and oxygen atoms in total. The summed E-state index contributed by atoms with van der Waals surface area (Å²) in [5.41, 5.74) is 9.54. The van der Waals surface area contributed by atoms with Crippen LogP contribution in [0.5, 0.6) is 0 Å². The van der Waals surface area contributed by atoms with E-state index in [1.54, 1.807) is 10.8 Å². The van der Waals surface area contributed by atoms with Crippen LogP contribution < -0.4 is 21.9 Å². The van der Waals surface area contributed by atoms with E-state index in [1.807, 2.05) is 26.1 Å². The summed E-state index contributed by atoms with van der Waals surface area (Å²) in [7, 11) is 1.91. The summed E-state index contributed by atoms with van der Waals surface area (Å²) in [6, 6.07) is 3.46. The number of allylic oxidation sites excluding steroid dienone is 2. The fourth-order valence-corrected chi connectivity index (χ4v) is 4.23. The summed E-state index contributed by atoms with van der Waals surface area (Å²) in [6.07, 6.45) is 12.7. The first-order valence-electron chi connectivity index (χ1n) is 11.5. The van der Waals surface area contributed by atoms with Gasteiger partial charge in [-0.05, 0) is 56.9 Å². The molecule has 0 saturated heterocycles. The van der Waals surface area contributed by atoms with Gasteiger partial charge < -0.3 is 21.2 Å². The Morgan fingerprint density at radius 2 is 2.09 bits per heavy atom. The molecule has 2 unspecified atom stereocenters. The van der Waals surface area contributed by atoms with E-state index in [9.17, 15) is 9.59 Å². The Bertz CT molecular complexity index is 1090. The third-order valence-electron chi connectivity index (χ3n) is 6.07. The molecule has 2 aliphatic rings. The third-order valence-corrected chi connectivity index (χ3v) is 6.07. The number of nitrogens with one attached hydrogen (secondary N) is 2. The first kappa shape index (κ1) is 24.4. The Morgan fingerprint density at radius 3 is 2.73 bits per heavy atom. The summed E-state index contributed by atoms with van der Waals surface area (Å²) < 4.78 is 1.61. The summed E-state index contributed by atoms with van der Waals surface area (Å²) in [6.45, 7) is 5.46. The van der Waals surface area contributed by atoms with Crippen LogP contribution in [0.15, 0.2) is 46.9 Å². The minimum Gasteiger partial charge on any atom is -0.384 e. The molecule has 1 aliphatic heterocycles. The molecule has 1 aliphatic carbocycles. The molecule has 4 N–H and O–H groups in total. The number of anilines is 2. The van der Waals surface area contributed by atoms with E-state index in [-0.39, 0.29) is 17.5 Å². The van der Waals surface area contributed by atoms with Crippen molar-refractivity contribution in [3.8, 4) is 0 Å². The molecule has 3 heterocycles. The van der Waals surface area contributed by atoms with Crippen molar-refractivity contribution in [2.24, 2.45) is 0 Å². The Balaban J connectivity index is 0.000000235. The molecule has 0 amide bonds. The van der Waals surface area contributed by atoms with E-state index in [1.165, 1.54) is 5.56 Å². The predicted molar refractivity (Wildman–Crippen MR) is 132 cm³/mol. The molecular weight excluding hydrogens is 416 g/mol. The second kappa shape index (κ2) is 11.6. The monoisotopic (exact) mass is 450 g/mol. The van der Waals surface area contributed by atoms with Crippen LogP contribution in [0, 0.1) is 6.92 Å². The number of rotatable bonds is 7. The van der Waals surface area contributed by atoms with Gasteiger partial charge in [0.15, 0.2) is 5.82 Å². The lowest BCUT2D eigenvalue weighted by atomic mass is 10.00. The molecule has 0 radical (unpaired) electrons. The number of aryl methyl sites for hydroxylation is 1. The Labute approximate surface area is 195 Å². The van der Waals surface area contributed by atoms with E-state index in [0.29, 0.717) is 24.6 Å². The van der Waals surface area contributed by atoms with Crippen molar-refractivity contribution in [3.05, 3.63) is 69.4 Å². The average molecular weight is 451 g/mol. The number of pyridine rings is 1. The van der Waals surface area contributed by atoms with Crippen LogP contribution in [0.25, 0.3) is 0 Å². The van der Waals surface area contributed by atoms with Crippen LogP contribution in [0.3, 0.4) is 0 Å². The molecule has 0 aromatic carbocycles. The van der Waals surface area contributed by atoms with Gasteiger partial charge in [-0.1, -0.05) is 31.2 Å². The van der Waals surface area contributed by atoms with Crippen LogP contribution in [-0.2, 0) is 11.3 Å². The van der Waals surface area contributed by atoms with Gasteiger partial charge in [0.05, 0.1) is 6.04 Å². The fraction of sp³-hybridized carbons (Fsp3) is 0.440. The maximum absolute atomic E-state index is 12.6. The standard InChI is InChI=1S/C17H21N3O2.C8H13N3/c1-2-13-8-14(11-21)20-15(13)10-19-16(17(20)22)18-9-12-6-4-3-5-7-12;1-6-7(5-10-2)3-4-8(9)11-6/h4,6-7,10-11,13-14H,2-3,5,8-9H2,1H3,(H,18,19);3-4,10H,5H2,1-2H3,(H2,9,11). The molecule has 2 aromatic heterocycles. The lowest BCUT2D eigenvalue weighted by Gasteiger charge is -2.13. The zero-order chi connectivity index (χ0) is 23.8. The minimum absolute atomic E-state index is 0.189. The van der Waals surface area contributed by atoms with Crippen molar-refractivity contribution in [2.45, 2.75) is 58.0 Å². The number of aromatic nitrogens is 3. The molecule has 0 spiro atoms. The van der Waals surface area contributed by atoms with Gasteiger partial charge in [0.2, 0.25) is 0 Å². The second-order valence-corrected chi connectivity index (χ2v) is 8.37. The first-order chi connectivity index (χ1) is 16.0. The van der Waals surface area contributed by atoms with Crippen molar-refractivity contribution < 1.29 is 4.79 Å². The van der Waals surface area contributed by atoms with E-state index in [4.69, 9.17) is 5.73 Å². The summed E-state index contributed by atoms with van der Waals surface area (Å²) in [5.74, 6) is 1.16. The van der Waals surface area contributed by atoms with Crippen LogP contribution >= 0.6 is 0 Å². The van der Waals surface area contributed by atoms with Crippen molar-refractivity contribution in [3.63, 3.8) is 0 Å². The Kier molecular flexibility index (Phi) is 8.54. The molecule has 33 heavy (non-hydrogen) atoms. The molecule has 8 heteroatoms. The molecule has 2 aromatic rings. The topological polar surface area (TPSA) is 115 Å². The van der Waals surface area contributed by atoms with Gasteiger partial charge in [0.1, 0.15) is 12.1 Å². The number of nitrogens with two attached hydrogens (primary N) is 1. The lowest BCUT2D eigenvalue weighted by Crippen LogP contribution is -2.28. The SMILES string of the molecule is CCC1CC(C=O)n2c1cnc(NCC1=CCCC=C1)c2=O.CNCc1ccc(N)nc1C. The molecule has 0 bridgehead atoms. The van der Waals surface area contributed by atoms with Crippen LogP contribution in [0.2, 0.25) is 0 Å². The number of hydrogen-bond acceptors (Lipinski definition) is 7. The zero-order valence-corrected chi connectivity index (χ0v) is 19.7. The van der Waals surface area contributed by atoms with Gasteiger partial charge in [0, 0.05) is 36.6 Å². The van der Waals surface area contributed by atoms with Crippen LogP contribution in [0.4, 0.5) is 11.6 Å². The number of hydrogen-bond donors (Lipinski definition) is 3. The highest BCUT2D eigenvalue weighted by Crippen LogP contribution is 2.35. The molecule has 0 fully saturated rings. The second-order valence-electron chi connectivity index (χ2n) is 8.37.